The van der Waals surface area contributed by atoms with Gasteiger partial charge >= 0.3 is 0 Å². The second kappa shape index (κ2) is 17.2. The fraction of sp³-hybridized carbons (Fsp3) is 0.655. The molecule has 192 valence electrons. The Morgan fingerprint density at radius 2 is 1.94 bits per heavy atom. The van der Waals surface area contributed by atoms with E-state index < -0.39 is 0 Å². The monoisotopic (exact) mass is 490 g/mol. The smallest absolute Gasteiger partial charge is 0.126 e. The van der Waals surface area contributed by atoms with Gasteiger partial charge in [0.25, 0.3) is 0 Å². The van der Waals surface area contributed by atoms with Crippen LogP contribution in [0.1, 0.15) is 101 Å². The fourth-order valence-corrected chi connectivity index (χ4v) is 5.00. The molecule has 0 heterocycles. The number of halogens is 1. The zero-order valence-electron chi connectivity index (χ0n) is 21.5. The molecule has 3 nitrogen and oxygen atoms in total. The first-order valence-corrected chi connectivity index (χ1v) is 14.3. The number of allylic oxidation sites excluding steroid dienone is 1. The molecule has 2 saturated carbocycles. The summed E-state index contributed by atoms with van der Waals surface area (Å²) in [4.78, 5) is 0. The lowest BCUT2D eigenvalue weighted by atomic mass is 9.70. The SMILES string of the molecule is C1CCC1.C=CCC1CC(c2cc([C@H](C)NSCCCCCNCC(=C)OCC)ccc2F)C1. The van der Waals surface area contributed by atoms with E-state index >= 15 is 0 Å². The van der Waals surface area contributed by atoms with Gasteiger partial charge in [0.1, 0.15) is 11.6 Å². The summed E-state index contributed by atoms with van der Waals surface area (Å²) in [5.41, 5.74) is 2.07. The van der Waals surface area contributed by atoms with Crippen LogP contribution in [0.3, 0.4) is 0 Å². The number of hydrogen-bond donors (Lipinski definition) is 2. The van der Waals surface area contributed by atoms with E-state index in [9.17, 15) is 4.39 Å². The Kier molecular flexibility index (Phi) is 14.6. The Labute approximate surface area is 212 Å². The lowest BCUT2D eigenvalue weighted by molar-refractivity contribution is 0.222. The maximum absolute atomic E-state index is 14.3. The van der Waals surface area contributed by atoms with Crippen LogP contribution in [0.15, 0.2) is 43.2 Å². The van der Waals surface area contributed by atoms with E-state index in [1.165, 1.54) is 44.1 Å². The number of nitrogens with one attached hydrogen (secondary N) is 2. The summed E-state index contributed by atoms with van der Waals surface area (Å²) in [7, 11) is 0. The van der Waals surface area contributed by atoms with Gasteiger partial charge in [0, 0.05) is 11.8 Å². The van der Waals surface area contributed by atoms with Crippen molar-refractivity contribution in [2.24, 2.45) is 5.92 Å². The van der Waals surface area contributed by atoms with Gasteiger partial charge in [-0.05, 0) is 81.5 Å². The van der Waals surface area contributed by atoms with Crippen LogP contribution in [-0.2, 0) is 4.74 Å². The van der Waals surface area contributed by atoms with Gasteiger partial charge in [0.05, 0.1) is 13.2 Å². The molecule has 0 aromatic heterocycles. The molecule has 2 fully saturated rings. The Morgan fingerprint density at radius 1 is 1.21 bits per heavy atom. The van der Waals surface area contributed by atoms with Crippen LogP contribution in [0.25, 0.3) is 0 Å². The minimum absolute atomic E-state index is 0.0564. The summed E-state index contributed by atoms with van der Waals surface area (Å²) in [5.74, 6) is 2.88. The average Bonchev–Trinajstić information content (AvgIpc) is 2.74. The number of ether oxygens (including phenoxy) is 1. The molecule has 0 saturated heterocycles. The van der Waals surface area contributed by atoms with Gasteiger partial charge in [-0.1, -0.05) is 68.8 Å². The van der Waals surface area contributed by atoms with Gasteiger partial charge in [-0.25, -0.2) is 4.39 Å². The molecule has 0 bridgehead atoms. The van der Waals surface area contributed by atoms with Gasteiger partial charge in [0.2, 0.25) is 0 Å². The van der Waals surface area contributed by atoms with Gasteiger partial charge in [-0.3, -0.25) is 4.72 Å². The minimum Gasteiger partial charge on any atom is -0.497 e. The number of hydrogen-bond acceptors (Lipinski definition) is 4. The Hall–Kier alpha value is -1.30. The maximum Gasteiger partial charge on any atom is 0.126 e. The van der Waals surface area contributed by atoms with Crippen LogP contribution in [0.4, 0.5) is 4.39 Å². The highest BCUT2D eigenvalue weighted by molar-refractivity contribution is 7.97. The fourth-order valence-electron chi connectivity index (χ4n) is 4.15. The molecule has 3 rings (SSSR count). The molecular formula is C29H47FN2OS. The predicted molar refractivity (Wildman–Crippen MR) is 147 cm³/mol. The molecule has 2 N–H and O–H groups in total. The van der Waals surface area contributed by atoms with E-state index in [1.54, 1.807) is 18.0 Å². The summed E-state index contributed by atoms with van der Waals surface area (Å²) in [6.07, 6.45) is 14.7. The third kappa shape index (κ3) is 11.0. The van der Waals surface area contributed by atoms with Crippen LogP contribution in [0, 0.1) is 11.7 Å². The zero-order chi connectivity index (χ0) is 24.6. The lowest BCUT2D eigenvalue weighted by Gasteiger charge is -2.35. The largest absolute Gasteiger partial charge is 0.497 e. The minimum atomic E-state index is -0.0564. The first kappa shape index (κ1) is 28.9. The van der Waals surface area contributed by atoms with E-state index in [1.807, 2.05) is 19.1 Å². The molecular weight excluding hydrogens is 443 g/mol. The quantitative estimate of drug-likeness (QED) is 0.106. The zero-order valence-corrected chi connectivity index (χ0v) is 22.4. The van der Waals surface area contributed by atoms with Gasteiger partial charge in [-0.2, -0.15) is 0 Å². The number of unbranched alkanes of at least 4 members (excludes halogenated alkanes) is 2. The summed E-state index contributed by atoms with van der Waals surface area (Å²) in [5, 5.41) is 3.36. The van der Waals surface area contributed by atoms with Crippen LogP contribution in [0.5, 0.6) is 0 Å². The Balaban J connectivity index is 0.000000920. The van der Waals surface area contributed by atoms with Gasteiger partial charge in [-0.15, -0.1) is 6.58 Å². The van der Waals surface area contributed by atoms with E-state index in [0.29, 0.717) is 18.4 Å². The van der Waals surface area contributed by atoms with Crippen molar-refractivity contribution in [3.05, 3.63) is 60.1 Å². The van der Waals surface area contributed by atoms with Gasteiger partial charge < -0.3 is 10.1 Å². The molecule has 1 aromatic rings. The second-order valence-corrected chi connectivity index (χ2v) is 10.6. The topological polar surface area (TPSA) is 33.3 Å². The Morgan fingerprint density at radius 3 is 2.59 bits per heavy atom. The maximum atomic E-state index is 14.3. The normalized spacial score (nSPS) is 19.7. The van der Waals surface area contributed by atoms with Gasteiger partial charge in [0.15, 0.2) is 0 Å². The molecule has 2 aliphatic rings. The summed E-state index contributed by atoms with van der Waals surface area (Å²) < 4.78 is 23.2. The number of benzene rings is 1. The summed E-state index contributed by atoms with van der Waals surface area (Å²) >= 11 is 1.77. The van der Waals surface area contributed by atoms with Crippen molar-refractivity contribution in [1.29, 1.82) is 0 Å². The molecule has 2 aliphatic carbocycles. The molecule has 1 atom stereocenters. The van der Waals surface area contributed by atoms with E-state index in [4.69, 9.17) is 4.74 Å². The van der Waals surface area contributed by atoms with Crippen molar-refractivity contribution in [3.8, 4) is 0 Å². The van der Waals surface area contributed by atoms with Crippen molar-refractivity contribution in [2.45, 2.75) is 90.0 Å². The van der Waals surface area contributed by atoms with Crippen LogP contribution in [-0.4, -0.2) is 25.4 Å². The highest BCUT2D eigenvalue weighted by atomic mass is 32.2. The first-order valence-electron chi connectivity index (χ1n) is 13.3. The predicted octanol–water partition coefficient (Wildman–Crippen LogP) is 8.06. The molecule has 0 radical (unpaired) electrons. The third-order valence-electron chi connectivity index (χ3n) is 6.73. The highest BCUT2D eigenvalue weighted by Crippen LogP contribution is 2.44. The van der Waals surface area contributed by atoms with Crippen molar-refractivity contribution < 1.29 is 9.13 Å². The molecule has 34 heavy (non-hydrogen) atoms. The molecule has 1 aromatic carbocycles. The van der Waals surface area contributed by atoms with E-state index in [2.05, 4.69) is 36.2 Å². The Bertz CT molecular complexity index is 712. The molecule has 0 aliphatic heterocycles. The van der Waals surface area contributed by atoms with E-state index in [0.717, 1.165) is 55.8 Å². The molecule has 0 amide bonds. The first-order chi connectivity index (χ1) is 16.5. The average molecular weight is 491 g/mol. The van der Waals surface area contributed by atoms with Crippen LogP contribution < -0.4 is 10.0 Å². The van der Waals surface area contributed by atoms with Crippen molar-refractivity contribution in [1.82, 2.24) is 10.0 Å². The summed E-state index contributed by atoms with van der Waals surface area (Å²) in [6.45, 7) is 14.2. The molecule has 5 heteroatoms. The van der Waals surface area contributed by atoms with Crippen molar-refractivity contribution >= 4 is 11.9 Å². The van der Waals surface area contributed by atoms with Crippen molar-refractivity contribution in [3.63, 3.8) is 0 Å². The molecule has 0 unspecified atom stereocenters. The standard InChI is InChI=1S/C25H39FN2OS.C4H8/c1-5-10-21-15-23(16-21)24-17-22(11-12-25(24)26)20(4)28-30-14-9-7-8-13-27-18-19(3)29-6-2;1-2-4-3-1/h5,11-12,17,20-21,23,27-28H,1,3,6-10,13-16,18H2,2,4H3;1-4H2/t20-,21?,23?;/m0./s1. The molecule has 0 spiro atoms. The second-order valence-electron chi connectivity index (χ2n) is 9.65. The lowest BCUT2D eigenvalue weighted by Crippen LogP contribution is -2.22. The van der Waals surface area contributed by atoms with Crippen molar-refractivity contribution in [2.75, 3.05) is 25.4 Å². The number of rotatable bonds is 16. The summed E-state index contributed by atoms with van der Waals surface area (Å²) in [6, 6.07) is 5.84. The highest BCUT2D eigenvalue weighted by Gasteiger charge is 2.31. The third-order valence-corrected chi connectivity index (χ3v) is 7.74. The van der Waals surface area contributed by atoms with Crippen LogP contribution >= 0.6 is 11.9 Å². The van der Waals surface area contributed by atoms with Crippen LogP contribution in [0.2, 0.25) is 0 Å². The van der Waals surface area contributed by atoms with E-state index in [-0.39, 0.29) is 11.9 Å².